The van der Waals surface area contributed by atoms with E-state index in [1.165, 1.54) is 16.3 Å². The van der Waals surface area contributed by atoms with Crippen LogP contribution in [-0.4, -0.2) is 11.5 Å². The van der Waals surface area contributed by atoms with E-state index in [4.69, 9.17) is 5.73 Å². The van der Waals surface area contributed by atoms with E-state index >= 15 is 0 Å². The first-order valence-electron chi connectivity index (χ1n) is 5.35. The molecule has 0 fully saturated rings. The second kappa shape index (κ2) is 4.41. The molecule has 78 valence electrons. The Labute approximate surface area is 90.1 Å². The Bertz CT molecular complexity index is 446. The molecular weight excluding hydrogens is 184 g/mol. The number of fused-ring (bicyclic) bond motifs is 1. The molecule has 0 saturated heterocycles. The van der Waals surface area contributed by atoms with Crippen molar-refractivity contribution < 1.29 is 0 Å². The zero-order chi connectivity index (χ0) is 10.7. The molecule has 1 aromatic carbocycles. The maximum Gasteiger partial charge on any atom is 0.0349 e. The SMILES string of the molecule is CC(CCN)c1cccc2ccncc12. The van der Waals surface area contributed by atoms with Gasteiger partial charge in [-0.15, -0.1) is 0 Å². The number of aromatic nitrogens is 1. The lowest BCUT2D eigenvalue weighted by Crippen LogP contribution is -2.04. The highest BCUT2D eigenvalue weighted by Gasteiger charge is 2.07. The summed E-state index contributed by atoms with van der Waals surface area (Å²) in [6.45, 7) is 2.95. The summed E-state index contributed by atoms with van der Waals surface area (Å²) in [7, 11) is 0. The fraction of sp³-hybridized carbons (Fsp3) is 0.308. The van der Waals surface area contributed by atoms with Gasteiger partial charge < -0.3 is 5.73 Å². The summed E-state index contributed by atoms with van der Waals surface area (Å²) in [4.78, 5) is 4.18. The van der Waals surface area contributed by atoms with Crippen LogP contribution in [0.5, 0.6) is 0 Å². The number of nitrogens with two attached hydrogens (primary N) is 1. The van der Waals surface area contributed by atoms with E-state index in [0.29, 0.717) is 5.92 Å². The van der Waals surface area contributed by atoms with Crippen molar-refractivity contribution in [3.8, 4) is 0 Å². The molecule has 1 heterocycles. The largest absolute Gasteiger partial charge is 0.330 e. The molecule has 15 heavy (non-hydrogen) atoms. The maximum atomic E-state index is 5.60. The van der Waals surface area contributed by atoms with Gasteiger partial charge in [0, 0.05) is 17.8 Å². The van der Waals surface area contributed by atoms with Crippen molar-refractivity contribution in [3.05, 3.63) is 42.2 Å². The standard InChI is InChI=1S/C13H16N2/c1-10(5-7-14)12-4-2-3-11-6-8-15-9-13(11)12/h2-4,6,8-10H,5,7,14H2,1H3. The Kier molecular flexibility index (Phi) is 2.97. The van der Waals surface area contributed by atoms with E-state index in [1.54, 1.807) is 0 Å². The maximum absolute atomic E-state index is 5.60. The number of benzene rings is 1. The molecule has 1 aromatic heterocycles. The van der Waals surface area contributed by atoms with Crippen LogP contribution in [0.2, 0.25) is 0 Å². The molecule has 2 nitrogen and oxygen atoms in total. The van der Waals surface area contributed by atoms with E-state index in [2.05, 4.69) is 30.1 Å². The topological polar surface area (TPSA) is 38.9 Å². The lowest BCUT2D eigenvalue weighted by Gasteiger charge is -2.13. The highest BCUT2D eigenvalue weighted by Crippen LogP contribution is 2.26. The van der Waals surface area contributed by atoms with Crippen molar-refractivity contribution in [1.82, 2.24) is 4.98 Å². The molecule has 0 bridgehead atoms. The minimum atomic E-state index is 0.503. The Morgan fingerprint density at radius 3 is 3.00 bits per heavy atom. The van der Waals surface area contributed by atoms with Crippen molar-refractivity contribution in [3.63, 3.8) is 0 Å². The smallest absolute Gasteiger partial charge is 0.0349 e. The molecule has 0 saturated carbocycles. The van der Waals surface area contributed by atoms with Gasteiger partial charge in [0.1, 0.15) is 0 Å². The predicted molar refractivity (Wildman–Crippen MR) is 63.8 cm³/mol. The highest BCUT2D eigenvalue weighted by molar-refractivity contribution is 5.85. The monoisotopic (exact) mass is 200 g/mol. The van der Waals surface area contributed by atoms with Crippen LogP contribution in [0.25, 0.3) is 10.8 Å². The first kappa shape index (κ1) is 10.1. The molecular formula is C13H16N2. The van der Waals surface area contributed by atoms with Gasteiger partial charge in [0.25, 0.3) is 0 Å². The molecule has 0 radical (unpaired) electrons. The van der Waals surface area contributed by atoms with Crippen LogP contribution < -0.4 is 5.73 Å². The molecule has 1 atom stereocenters. The van der Waals surface area contributed by atoms with Crippen LogP contribution in [0.3, 0.4) is 0 Å². The van der Waals surface area contributed by atoms with Crippen LogP contribution in [-0.2, 0) is 0 Å². The second-order valence-electron chi connectivity index (χ2n) is 3.92. The molecule has 1 unspecified atom stereocenters. The molecule has 2 rings (SSSR count). The molecule has 0 spiro atoms. The van der Waals surface area contributed by atoms with Crippen LogP contribution in [0.1, 0.15) is 24.8 Å². The zero-order valence-electron chi connectivity index (χ0n) is 8.98. The molecule has 0 amide bonds. The average Bonchev–Trinajstić information content (AvgIpc) is 2.28. The predicted octanol–water partition coefficient (Wildman–Crippen LogP) is 2.69. The fourth-order valence-electron chi connectivity index (χ4n) is 1.97. The summed E-state index contributed by atoms with van der Waals surface area (Å²) in [6.07, 6.45) is 4.80. The number of rotatable bonds is 3. The van der Waals surface area contributed by atoms with Crippen LogP contribution in [0.4, 0.5) is 0 Å². The summed E-state index contributed by atoms with van der Waals surface area (Å²) >= 11 is 0. The summed E-state index contributed by atoms with van der Waals surface area (Å²) in [5.41, 5.74) is 6.95. The minimum Gasteiger partial charge on any atom is -0.330 e. The summed E-state index contributed by atoms with van der Waals surface area (Å²) < 4.78 is 0. The van der Waals surface area contributed by atoms with Gasteiger partial charge in [0.15, 0.2) is 0 Å². The number of hydrogen-bond acceptors (Lipinski definition) is 2. The van der Waals surface area contributed by atoms with Crippen LogP contribution >= 0.6 is 0 Å². The Balaban J connectivity index is 2.50. The first-order valence-corrected chi connectivity index (χ1v) is 5.35. The summed E-state index contributed by atoms with van der Waals surface area (Å²) in [6, 6.07) is 8.44. The van der Waals surface area contributed by atoms with E-state index in [9.17, 15) is 0 Å². The van der Waals surface area contributed by atoms with Crippen molar-refractivity contribution in [2.75, 3.05) is 6.54 Å². The Morgan fingerprint density at radius 1 is 1.33 bits per heavy atom. The number of pyridine rings is 1. The van der Waals surface area contributed by atoms with Gasteiger partial charge >= 0.3 is 0 Å². The van der Waals surface area contributed by atoms with Gasteiger partial charge in [-0.2, -0.15) is 0 Å². The van der Waals surface area contributed by atoms with Crippen LogP contribution in [0, 0.1) is 0 Å². The third-order valence-electron chi connectivity index (χ3n) is 2.85. The van der Waals surface area contributed by atoms with Gasteiger partial charge in [-0.1, -0.05) is 25.1 Å². The third kappa shape index (κ3) is 2.00. The van der Waals surface area contributed by atoms with Crippen molar-refractivity contribution >= 4 is 10.8 Å². The first-order chi connectivity index (χ1) is 7.33. The molecule has 2 N–H and O–H groups in total. The zero-order valence-corrected chi connectivity index (χ0v) is 8.98. The molecule has 0 aliphatic rings. The van der Waals surface area contributed by atoms with E-state index in [-0.39, 0.29) is 0 Å². The number of nitrogens with zero attached hydrogens (tertiary/aromatic N) is 1. The van der Waals surface area contributed by atoms with E-state index in [1.807, 2.05) is 18.5 Å². The Morgan fingerprint density at radius 2 is 2.20 bits per heavy atom. The summed E-state index contributed by atoms with van der Waals surface area (Å²) in [5, 5.41) is 2.51. The second-order valence-corrected chi connectivity index (χ2v) is 3.92. The minimum absolute atomic E-state index is 0.503. The molecule has 2 heteroatoms. The lowest BCUT2D eigenvalue weighted by atomic mass is 9.93. The average molecular weight is 200 g/mol. The van der Waals surface area contributed by atoms with Gasteiger partial charge in [-0.3, -0.25) is 4.98 Å². The fourth-order valence-corrected chi connectivity index (χ4v) is 1.97. The molecule has 2 aromatic rings. The van der Waals surface area contributed by atoms with Gasteiger partial charge in [0.2, 0.25) is 0 Å². The highest BCUT2D eigenvalue weighted by atomic mass is 14.6. The van der Waals surface area contributed by atoms with E-state index in [0.717, 1.165) is 13.0 Å². The Hall–Kier alpha value is -1.41. The third-order valence-corrected chi connectivity index (χ3v) is 2.85. The molecule has 0 aliphatic heterocycles. The van der Waals surface area contributed by atoms with Crippen molar-refractivity contribution in [1.29, 1.82) is 0 Å². The summed E-state index contributed by atoms with van der Waals surface area (Å²) in [5.74, 6) is 0.503. The lowest BCUT2D eigenvalue weighted by molar-refractivity contribution is 0.695. The van der Waals surface area contributed by atoms with Gasteiger partial charge in [0.05, 0.1) is 0 Å². The molecule has 0 aliphatic carbocycles. The van der Waals surface area contributed by atoms with E-state index < -0.39 is 0 Å². The quantitative estimate of drug-likeness (QED) is 0.827. The van der Waals surface area contributed by atoms with Gasteiger partial charge in [-0.05, 0) is 35.9 Å². The van der Waals surface area contributed by atoms with Crippen molar-refractivity contribution in [2.24, 2.45) is 5.73 Å². The van der Waals surface area contributed by atoms with Crippen molar-refractivity contribution in [2.45, 2.75) is 19.3 Å². The van der Waals surface area contributed by atoms with Crippen LogP contribution in [0.15, 0.2) is 36.7 Å². The normalized spacial score (nSPS) is 12.9. The number of hydrogen-bond donors (Lipinski definition) is 1. The van der Waals surface area contributed by atoms with Gasteiger partial charge in [-0.25, -0.2) is 0 Å².